The van der Waals surface area contributed by atoms with E-state index in [-0.39, 0.29) is 0 Å². The second kappa shape index (κ2) is 4.06. The summed E-state index contributed by atoms with van der Waals surface area (Å²) >= 11 is 0. The van der Waals surface area contributed by atoms with Gasteiger partial charge in [-0.1, -0.05) is 24.3 Å². The van der Waals surface area contributed by atoms with E-state index in [2.05, 4.69) is 0 Å². The van der Waals surface area contributed by atoms with Gasteiger partial charge in [-0.2, -0.15) is 0 Å². The molecule has 0 aliphatic rings. The lowest BCUT2D eigenvalue weighted by molar-refractivity contribution is 0.0627. The molecule has 1 aromatic carbocycles. The van der Waals surface area contributed by atoms with Crippen LogP contribution in [0.25, 0.3) is 0 Å². The van der Waals surface area contributed by atoms with Crippen molar-refractivity contribution in [3.63, 3.8) is 0 Å². The Kier molecular flexibility index (Phi) is 3.36. The monoisotopic (exact) mass is 230 g/mol. The molecule has 0 bridgehead atoms. The van der Waals surface area contributed by atoms with Gasteiger partial charge in [-0.15, -0.1) is 0 Å². The SMILES string of the molecule is Cc1ccccc1C(C)(C)OP(=O)(O)O. The van der Waals surface area contributed by atoms with Crippen LogP contribution in [-0.4, -0.2) is 9.79 Å². The molecule has 0 amide bonds. The van der Waals surface area contributed by atoms with Crippen molar-refractivity contribution < 1.29 is 18.9 Å². The molecule has 0 spiro atoms. The van der Waals surface area contributed by atoms with Crippen LogP contribution >= 0.6 is 7.82 Å². The van der Waals surface area contributed by atoms with Gasteiger partial charge in [0.1, 0.15) is 0 Å². The molecule has 2 N–H and O–H groups in total. The Morgan fingerprint density at radius 1 is 1.27 bits per heavy atom. The summed E-state index contributed by atoms with van der Waals surface area (Å²) in [5.74, 6) is 0. The van der Waals surface area contributed by atoms with E-state index in [1.807, 2.05) is 25.1 Å². The minimum absolute atomic E-state index is 0.772. The van der Waals surface area contributed by atoms with Crippen molar-refractivity contribution in [2.45, 2.75) is 26.4 Å². The Morgan fingerprint density at radius 3 is 2.27 bits per heavy atom. The van der Waals surface area contributed by atoms with Crippen molar-refractivity contribution in [3.8, 4) is 0 Å². The van der Waals surface area contributed by atoms with Gasteiger partial charge in [-0.05, 0) is 31.9 Å². The molecule has 0 atom stereocenters. The van der Waals surface area contributed by atoms with Gasteiger partial charge in [0.15, 0.2) is 0 Å². The molecular formula is C10H15O4P. The molecule has 4 nitrogen and oxygen atoms in total. The van der Waals surface area contributed by atoms with Crippen LogP contribution in [0.5, 0.6) is 0 Å². The zero-order chi connectivity index (χ0) is 11.7. The summed E-state index contributed by atoms with van der Waals surface area (Å²) in [4.78, 5) is 17.6. The summed E-state index contributed by atoms with van der Waals surface area (Å²) in [6.45, 7) is 5.14. The Hall–Kier alpha value is -0.670. The highest BCUT2D eigenvalue weighted by Gasteiger charge is 2.31. The number of benzene rings is 1. The third kappa shape index (κ3) is 3.43. The summed E-state index contributed by atoms with van der Waals surface area (Å²) < 4.78 is 15.6. The number of phosphoric ester groups is 1. The third-order valence-corrected chi connectivity index (χ3v) is 2.84. The molecule has 5 heteroatoms. The van der Waals surface area contributed by atoms with Crippen LogP contribution < -0.4 is 0 Å². The highest BCUT2D eigenvalue weighted by molar-refractivity contribution is 7.46. The quantitative estimate of drug-likeness (QED) is 0.782. The van der Waals surface area contributed by atoms with Gasteiger partial charge in [-0.25, -0.2) is 4.57 Å². The van der Waals surface area contributed by atoms with Crippen molar-refractivity contribution >= 4 is 7.82 Å². The summed E-state index contributed by atoms with van der Waals surface area (Å²) in [7, 11) is -4.47. The van der Waals surface area contributed by atoms with E-state index in [1.54, 1.807) is 19.9 Å². The first-order chi connectivity index (χ1) is 6.72. The minimum Gasteiger partial charge on any atom is -0.303 e. The molecule has 0 saturated carbocycles. The van der Waals surface area contributed by atoms with Crippen LogP contribution in [0.15, 0.2) is 24.3 Å². The lowest BCUT2D eigenvalue weighted by atomic mass is 9.94. The molecule has 0 unspecified atom stereocenters. The van der Waals surface area contributed by atoms with Crippen LogP contribution in [0.2, 0.25) is 0 Å². The maximum atomic E-state index is 10.8. The van der Waals surface area contributed by atoms with Crippen molar-refractivity contribution in [2.24, 2.45) is 0 Å². The van der Waals surface area contributed by atoms with Gasteiger partial charge in [0.05, 0.1) is 5.60 Å². The first-order valence-electron chi connectivity index (χ1n) is 4.55. The zero-order valence-corrected chi connectivity index (χ0v) is 9.86. The fourth-order valence-corrected chi connectivity index (χ4v) is 2.29. The van der Waals surface area contributed by atoms with Crippen molar-refractivity contribution in [1.29, 1.82) is 0 Å². The molecular weight excluding hydrogens is 215 g/mol. The summed E-state index contributed by atoms with van der Waals surface area (Å²) in [6, 6.07) is 7.35. The molecule has 84 valence electrons. The molecule has 0 aliphatic heterocycles. The fraction of sp³-hybridized carbons (Fsp3) is 0.400. The second-order valence-corrected chi connectivity index (χ2v) is 5.07. The summed E-state index contributed by atoms with van der Waals surface area (Å²) in [6.07, 6.45) is 0. The topological polar surface area (TPSA) is 66.8 Å². The summed E-state index contributed by atoms with van der Waals surface area (Å²) in [5.41, 5.74) is 0.717. The number of aryl methyl sites for hydroxylation is 1. The predicted octanol–water partition coefficient (Wildman–Crippen LogP) is 2.34. The van der Waals surface area contributed by atoms with Crippen molar-refractivity contribution in [1.82, 2.24) is 0 Å². The van der Waals surface area contributed by atoms with Gasteiger partial charge in [0, 0.05) is 0 Å². The van der Waals surface area contributed by atoms with Gasteiger partial charge in [-0.3, -0.25) is 4.52 Å². The Bertz CT molecular complexity index is 394. The van der Waals surface area contributed by atoms with E-state index in [0.717, 1.165) is 11.1 Å². The van der Waals surface area contributed by atoms with Gasteiger partial charge >= 0.3 is 7.82 Å². The molecule has 0 aromatic heterocycles. The molecule has 0 aliphatic carbocycles. The number of rotatable bonds is 3. The predicted molar refractivity (Wildman–Crippen MR) is 57.3 cm³/mol. The molecule has 1 rings (SSSR count). The Morgan fingerprint density at radius 2 is 1.80 bits per heavy atom. The molecule has 1 aromatic rings. The number of hydrogen-bond donors (Lipinski definition) is 2. The molecule has 0 fully saturated rings. The van der Waals surface area contributed by atoms with Gasteiger partial charge in [0.2, 0.25) is 0 Å². The van der Waals surface area contributed by atoms with Crippen LogP contribution in [0.4, 0.5) is 0 Å². The standard InChI is InChI=1S/C10H15O4P/c1-8-6-4-5-7-9(8)10(2,3)14-15(11,12)13/h4-7H,1-3H3,(H2,11,12,13). The van der Waals surface area contributed by atoms with E-state index >= 15 is 0 Å². The maximum absolute atomic E-state index is 10.8. The highest BCUT2D eigenvalue weighted by atomic mass is 31.2. The van der Waals surface area contributed by atoms with Gasteiger partial charge in [0.25, 0.3) is 0 Å². The molecule has 0 heterocycles. The smallest absolute Gasteiger partial charge is 0.303 e. The van der Waals surface area contributed by atoms with E-state index in [0.29, 0.717) is 0 Å². The average Bonchev–Trinajstić information content (AvgIpc) is 1.99. The lowest BCUT2D eigenvalue weighted by Crippen LogP contribution is -2.21. The number of phosphoric acid groups is 1. The van der Waals surface area contributed by atoms with E-state index in [4.69, 9.17) is 14.3 Å². The average molecular weight is 230 g/mol. The van der Waals surface area contributed by atoms with Gasteiger partial charge < -0.3 is 9.79 Å². The van der Waals surface area contributed by atoms with Crippen molar-refractivity contribution in [2.75, 3.05) is 0 Å². The largest absolute Gasteiger partial charge is 0.470 e. The van der Waals surface area contributed by atoms with E-state index in [9.17, 15) is 4.57 Å². The van der Waals surface area contributed by atoms with E-state index < -0.39 is 13.4 Å². The molecule has 0 radical (unpaired) electrons. The molecule has 0 saturated heterocycles. The van der Waals surface area contributed by atoms with Crippen molar-refractivity contribution in [3.05, 3.63) is 35.4 Å². The lowest BCUT2D eigenvalue weighted by Gasteiger charge is -2.27. The fourth-order valence-electron chi connectivity index (χ4n) is 1.59. The Labute approximate surface area is 89.1 Å². The first kappa shape index (κ1) is 12.4. The Balaban J connectivity index is 3.06. The zero-order valence-electron chi connectivity index (χ0n) is 8.97. The maximum Gasteiger partial charge on any atom is 0.470 e. The van der Waals surface area contributed by atoms with Crippen LogP contribution in [-0.2, 0) is 14.7 Å². The van der Waals surface area contributed by atoms with Crippen LogP contribution in [0.3, 0.4) is 0 Å². The van der Waals surface area contributed by atoms with Crippen LogP contribution in [0, 0.1) is 6.92 Å². The third-order valence-electron chi connectivity index (χ3n) is 2.14. The highest BCUT2D eigenvalue weighted by Crippen LogP contribution is 2.45. The summed E-state index contributed by atoms with van der Waals surface area (Å²) in [5, 5.41) is 0. The second-order valence-electron chi connectivity index (χ2n) is 3.91. The number of hydrogen-bond acceptors (Lipinski definition) is 2. The molecule has 15 heavy (non-hydrogen) atoms. The normalized spacial score (nSPS) is 12.9. The minimum atomic E-state index is -4.47. The van der Waals surface area contributed by atoms with Crippen LogP contribution in [0.1, 0.15) is 25.0 Å². The van der Waals surface area contributed by atoms with E-state index in [1.165, 1.54) is 0 Å². The first-order valence-corrected chi connectivity index (χ1v) is 6.08.